The molecular weight excluding hydrogens is 442 g/mol. The molecule has 0 bridgehead atoms. The summed E-state index contributed by atoms with van der Waals surface area (Å²) in [4.78, 5) is 23.8. The Hall–Kier alpha value is -2.94. The number of anilines is 1. The quantitative estimate of drug-likeness (QED) is 0.617. The monoisotopic (exact) mass is 467 g/mol. The first-order valence-corrected chi connectivity index (χ1v) is 11.5. The first-order valence-electron chi connectivity index (χ1n) is 11.1. The molecule has 0 saturated carbocycles. The van der Waals surface area contributed by atoms with Crippen LogP contribution in [0, 0.1) is 0 Å². The Morgan fingerprint density at radius 2 is 2.00 bits per heavy atom. The van der Waals surface area contributed by atoms with E-state index in [-0.39, 0.29) is 17.8 Å². The normalized spacial score (nSPS) is 17.8. The summed E-state index contributed by atoms with van der Waals surface area (Å²) in [6, 6.07) is 10.7. The van der Waals surface area contributed by atoms with Crippen molar-refractivity contribution in [3.8, 4) is 11.4 Å². The molecule has 33 heavy (non-hydrogen) atoms. The molecule has 0 unspecified atom stereocenters. The van der Waals surface area contributed by atoms with E-state index in [4.69, 9.17) is 21.1 Å². The molecule has 3 aromatic heterocycles. The zero-order valence-corrected chi connectivity index (χ0v) is 19.0. The highest BCUT2D eigenvalue weighted by atomic mass is 35.5. The Labute approximate surface area is 197 Å². The molecule has 8 nitrogen and oxygen atoms in total. The van der Waals surface area contributed by atoms with E-state index < -0.39 is 0 Å². The largest absolute Gasteiger partial charge is 0.487 e. The Balaban J connectivity index is 1.26. The standard InChI is InChI=1S/C24H26ClN5O3/c25-18-1-2-19(27-14-18)16-32-21-5-10-30(23(31)13-21)20-3-4-22(28-15-20)29-11-12-33-24(17-29)6-8-26-9-7-24/h1-5,10,13-15,26H,6-9,11-12,16-17H2. The SMILES string of the molecule is O=c1cc(OCc2ccc(Cl)cn2)ccn1-c1ccc(N2CCOC3(CCNCC3)C2)nc1. The average molecular weight is 468 g/mol. The number of hydrogen-bond donors (Lipinski definition) is 1. The first-order chi connectivity index (χ1) is 16.1. The fraction of sp³-hybridized carbons (Fsp3) is 0.375. The summed E-state index contributed by atoms with van der Waals surface area (Å²) in [7, 11) is 0. The third-order valence-corrected chi connectivity index (χ3v) is 6.39. The number of ether oxygens (including phenoxy) is 2. The minimum Gasteiger partial charge on any atom is -0.487 e. The number of nitrogens with one attached hydrogen (secondary N) is 1. The van der Waals surface area contributed by atoms with Crippen LogP contribution in [0.4, 0.5) is 5.82 Å². The molecule has 0 atom stereocenters. The molecule has 3 aromatic rings. The van der Waals surface area contributed by atoms with Crippen molar-refractivity contribution in [1.82, 2.24) is 19.9 Å². The van der Waals surface area contributed by atoms with Crippen LogP contribution in [0.1, 0.15) is 18.5 Å². The molecular formula is C24H26ClN5O3. The molecule has 9 heteroatoms. The van der Waals surface area contributed by atoms with Crippen LogP contribution in [0.25, 0.3) is 5.69 Å². The molecule has 0 aliphatic carbocycles. The molecule has 5 rings (SSSR count). The average Bonchev–Trinajstić information content (AvgIpc) is 2.84. The summed E-state index contributed by atoms with van der Waals surface area (Å²) in [5.74, 6) is 1.39. The molecule has 1 spiro atoms. The van der Waals surface area contributed by atoms with Crippen LogP contribution in [0.3, 0.4) is 0 Å². The lowest BCUT2D eigenvalue weighted by molar-refractivity contribution is -0.0740. The summed E-state index contributed by atoms with van der Waals surface area (Å²) in [5, 5.41) is 3.97. The maximum atomic E-state index is 12.7. The van der Waals surface area contributed by atoms with Crippen LogP contribution < -0.4 is 20.5 Å². The fourth-order valence-electron chi connectivity index (χ4n) is 4.35. The van der Waals surface area contributed by atoms with Gasteiger partial charge in [0.2, 0.25) is 0 Å². The van der Waals surface area contributed by atoms with E-state index in [1.54, 1.807) is 41.4 Å². The van der Waals surface area contributed by atoms with E-state index in [2.05, 4.69) is 20.2 Å². The van der Waals surface area contributed by atoms with E-state index in [0.717, 1.165) is 50.5 Å². The van der Waals surface area contributed by atoms with Crippen LogP contribution >= 0.6 is 11.6 Å². The Kier molecular flexibility index (Phi) is 6.30. The number of nitrogens with zero attached hydrogens (tertiary/aromatic N) is 4. The third-order valence-electron chi connectivity index (χ3n) is 6.16. The van der Waals surface area contributed by atoms with E-state index in [1.807, 2.05) is 12.1 Å². The molecule has 0 aromatic carbocycles. The number of pyridine rings is 3. The van der Waals surface area contributed by atoms with Gasteiger partial charge in [0.05, 0.1) is 34.8 Å². The molecule has 0 amide bonds. The predicted octanol–water partition coefficient (Wildman–Crippen LogP) is 2.82. The summed E-state index contributed by atoms with van der Waals surface area (Å²) in [5.41, 5.74) is 1.17. The summed E-state index contributed by atoms with van der Waals surface area (Å²) < 4.78 is 13.4. The summed E-state index contributed by atoms with van der Waals surface area (Å²) in [6.07, 6.45) is 7.03. The second kappa shape index (κ2) is 9.51. The van der Waals surface area contributed by atoms with Crippen LogP contribution in [0.5, 0.6) is 5.75 Å². The minimum absolute atomic E-state index is 0.0852. The van der Waals surface area contributed by atoms with Crippen molar-refractivity contribution in [1.29, 1.82) is 0 Å². The number of piperidine rings is 1. The molecule has 2 saturated heterocycles. The summed E-state index contributed by atoms with van der Waals surface area (Å²) >= 11 is 5.85. The van der Waals surface area contributed by atoms with E-state index in [9.17, 15) is 4.79 Å². The van der Waals surface area contributed by atoms with Gasteiger partial charge in [-0.25, -0.2) is 4.98 Å². The second-order valence-corrected chi connectivity index (χ2v) is 8.84. The van der Waals surface area contributed by atoms with Gasteiger partial charge in [0.15, 0.2) is 0 Å². The number of halogens is 1. The van der Waals surface area contributed by atoms with Gasteiger partial charge in [0.25, 0.3) is 5.56 Å². The van der Waals surface area contributed by atoms with E-state index >= 15 is 0 Å². The lowest BCUT2D eigenvalue weighted by atomic mass is 9.90. The zero-order valence-electron chi connectivity index (χ0n) is 18.2. The molecule has 2 aliphatic rings. The predicted molar refractivity (Wildman–Crippen MR) is 126 cm³/mol. The van der Waals surface area contributed by atoms with Crippen LogP contribution in [0.2, 0.25) is 5.02 Å². The van der Waals surface area contributed by atoms with Gasteiger partial charge in [0, 0.05) is 31.5 Å². The topological polar surface area (TPSA) is 81.5 Å². The van der Waals surface area contributed by atoms with Gasteiger partial charge in [-0.3, -0.25) is 14.3 Å². The lowest BCUT2D eigenvalue weighted by Crippen LogP contribution is -2.56. The maximum Gasteiger partial charge on any atom is 0.258 e. The van der Waals surface area contributed by atoms with Crippen LogP contribution in [0.15, 0.2) is 59.8 Å². The highest BCUT2D eigenvalue weighted by Crippen LogP contribution is 2.29. The third kappa shape index (κ3) is 5.03. The maximum absolute atomic E-state index is 12.7. The number of rotatable bonds is 5. The summed E-state index contributed by atoms with van der Waals surface area (Å²) in [6.45, 7) is 4.59. The Bertz CT molecular complexity index is 1140. The molecule has 2 aliphatic heterocycles. The van der Waals surface area contributed by atoms with Crippen LogP contribution in [-0.2, 0) is 11.3 Å². The van der Waals surface area contributed by atoms with E-state index in [1.165, 1.54) is 6.07 Å². The van der Waals surface area contributed by atoms with Gasteiger partial charge in [0.1, 0.15) is 18.2 Å². The second-order valence-electron chi connectivity index (χ2n) is 8.40. The Morgan fingerprint density at radius 1 is 1.12 bits per heavy atom. The van der Waals surface area contributed by atoms with Crippen molar-refractivity contribution in [3.05, 3.63) is 76.1 Å². The first kappa shape index (κ1) is 21.9. The molecule has 0 radical (unpaired) electrons. The van der Waals surface area contributed by atoms with Gasteiger partial charge in [-0.05, 0) is 56.3 Å². The van der Waals surface area contributed by atoms with Crippen molar-refractivity contribution < 1.29 is 9.47 Å². The fourth-order valence-corrected chi connectivity index (χ4v) is 4.46. The lowest BCUT2D eigenvalue weighted by Gasteiger charge is -2.45. The number of hydrogen-bond acceptors (Lipinski definition) is 7. The highest BCUT2D eigenvalue weighted by molar-refractivity contribution is 6.30. The van der Waals surface area contributed by atoms with Gasteiger partial charge < -0.3 is 19.7 Å². The van der Waals surface area contributed by atoms with E-state index in [0.29, 0.717) is 23.1 Å². The Morgan fingerprint density at radius 3 is 2.73 bits per heavy atom. The van der Waals surface area contributed by atoms with Crippen molar-refractivity contribution in [2.75, 3.05) is 37.7 Å². The molecule has 1 N–H and O–H groups in total. The smallest absolute Gasteiger partial charge is 0.258 e. The van der Waals surface area contributed by atoms with Crippen molar-refractivity contribution in [2.24, 2.45) is 0 Å². The van der Waals surface area contributed by atoms with Gasteiger partial charge in [-0.15, -0.1) is 0 Å². The van der Waals surface area contributed by atoms with Gasteiger partial charge >= 0.3 is 0 Å². The van der Waals surface area contributed by atoms with Gasteiger partial charge in [-0.1, -0.05) is 11.6 Å². The number of aromatic nitrogens is 3. The molecule has 5 heterocycles. The van der Waals surface area contributed by atoms with Crippen molar-refractivity contribution in [3.63, 3.8) is 0 Å². The van der Waals surface area contributed by atoms with Crippen molar-refractivity contribution in [2.45, 2.75) is 25.0 Å². The molecule has 2 fully saturated rings. The van der Waals surface area contributed by atoms with Gasteiger partial charge in [-0.2, -0.15) is 0 Å². The van der Waals surface area contributed by atoms with Crippen LogP contribution in [-0.4, -0.2) is 52.9 Å². The molecule has 172 valence electrons. The number of morpholine rings is 1. The zero-order chi connectivity index (χ0) is 22.7. The highest BCUT2D eigenvalue weighted by Gasteiger charge is 2.38. The van der Waals surface area contributed by atoms with Crippen molar-refractivity contribution >= 4 is 17.4 Å². The minimum atomic E-state index is -0.189.